The fraction of sp³-hybridized carbons (Fsp3) is 0.957. The predicted molar refractivity (Wildman–Crippen MR) is 229 cm³/mol. The standard InChI is InChI=1S/C47H93NO6/c1-6-9-12-15-16-17-18-21-31-40-52-46(51)53-41-32-23-28-37-48(38-29-30-39-49)36-27-22-26-35-47(4,5)43-54-45(50)42-44(33-24-19-13-10-7-2)34-25-20-14-11-8-3/h44,49H,6-43H2,1-5H3. The summed E-state index contributed by atoms with van der Waals surface area (Å²) in [5.41, 5.74) is -0.00594. The molecule has 0 aromatic rings. The van der Waals surface area contributed by atoms with Crippen molar-refractivity contribution in [3.8, 4) is 0 Å². The number of rotatable bonds is 42. The Balaban J connectivity index is 4.24. The number of unbranched alkanes of at least 4 members (excludes halogenated alkanes) is 21. The quantitative estimate of drug-likeness (QED) is 0.0489. The van der Waals surface area contributed by atoms with E-state index in [-0.39, 0.29) is 18.0 Å². The minimum atomic E-state index is -0.526. The Labute approximate surface area is 336 Å². The zero-order chi connectivity index (χ0) is 39.8. The number of carbonyl (C=O) groups excluding carboxylic acids is 2. The van der Waals surface area contributed by atoms with Crippen LogP contribution in [0.2, 0.25) is 0 Å². The molecule has 0 heterocycles. The maximum Gasteiger partial charge on any atom is 0.508 e. The highest BCUT2D eigenvalue weighted by atomic mass is 16.7. The van der Waals surface area contributed by atoms with E-state index in [1.807, 2.05) is 0 Å². The van der Waals surface area contributed by atoms with Crippen LogP contribution >= 0.6 is 0 Å². The molecule has 0 aliphatic rings. The van der Waals surface area contributed by atoms with Crippen molar-refractivity contribution in [1.82, 2.24) is 4.90 Å². The summed E-state index contributed by atoms with van der Waals surface area (Å²) < 4.78 is 16.5. The third kappa shape index (κ3) is 37.6. The molecule has 0 aliphatic heterocycles. The first-order chi connectivity index (χ1) is 26.3. The average molecular weight is 768 g/mol. The second-order valence-electron chi connectivity index (χ2n) is 17.2. The first-order valence-electron chi connectivity index (χ1n) is 23.6. The Kier molecular flexibility index (Phi) is 38.9. The summed E-state index contributed by atoms with van der Waals surface area (Å²) in [7, 11) is 0. The molecule has 0 spiro atoms. The highest BCUT2D eigenvalue weighted by molar-refractivity contribution is 5.69. The Bertz CT molecular complexity index is 791. The van der Waals surface area contributed by atoms with E-state index < -0.39 is 6.16 Å². The van der Waals surface area contributed by atoms with E-state index in [0.29, 0.717) is 32.2 Å². The summed E-state index contributed by atoms with van der Waals surface area (Å²) >= 11 is 0. The molecule has 0 fully saturated rings. The number of hydrogen-bond donors (Lipinski definition) is 1. The van der Waals surface area contributed by atoms with Crippen LogP contribution in [-0.4, -0.2) is 68.2 Å². The number of aliphatic hydroxyl groups excluding tert-OH is 1. The SMILES string of the molecule is CCCCCCCCCCCOC(=O)OCCCCCN(CCCCO)CCCCCC(C)(C)COC(=O)CC(CCCCCCC)CCCCCCC. The van der Waals surface area contributed by atoms with Gasteiger partial charge >= 0.3 is 12.1 Å². The second kappa shape index (κ2) is 39.9. The van der Waals surface area contributed by atoms with Gasteiger partial charge in [-0.25, -0.2) is 4.79 Å². The number of esters is 1. The van der Waals surface area contributed by atoms with Gasteiger partial charge in [-0.15, -0.1) is 0 Å². The zero-order valence-corrected chi connectivity index (χ0v) is 36.9. The van der Waals surface area contributed by atoms with Gasteiger partial charge in [-0.05, 0) is 95.2 Å². The van der Waals surface area contributed by atoms with Gasteiger partial charge in [0.2, 0.25) is 0 Å². The van der Waals surface area contributed by atoms with E-state index in [0.717, 1.165) is 96.7 Å². The third-order valence-electron chi connectivity index (χ3n) is 11.0. The van der Waals surface area contributed by atoms with Crippen molar-refractivity contribution in [2.45, 2.75) is 234 Å². The molecule has 0 aromatic carbocycles. The van der Waals surface area contributed by atoms with Gasteiger partial charge in [0.1, 0.15) is 0 Å². The molecule has 0 unspecified atom stereocenters. The Hall–Kier alpha value is -1.34. The molecule has 0 saturated heterocycles. The molecule has 0 bridgehead atoms. The van der Waals surface area contributed by atoms with E-state index in [1.165, 1.54) is 116 Å². The minimum absolute atomic E-state index is 0.00422. The average Bonchev–Trinajstić information content (AvgIpc) is 3.15. The fourth-order valence-corrected chi connectivity index (χ4v) is 7.34. The van der Waals surface area contributed by atoms with Crippen molar-refractivity contribution < 1.29 is 28.9 Å². The minimum Gasteiger partial charge on any atom is -0.465 e. The Morgan fingerprint density at radius 3 is 1.41 bits per heavy atom. The van der Waals surface area contributed by atoms with Gasteiger partial charge in [0.05, 0.1) is 19.8 Å². The Morgan fingerprint density at radius 2 is 0.926 bits per heavy atom. The molecule has 7 heteroatoms. The summed E-state index contributed by atoms with van der Waals surface area (Å²) in [6.45, 7) is 16.0. The molecule has 0 amide bonds. The van der Waals surface area contributed by atoms with Crippen molar-refractivity contribution in [1.29, 1.82) is 0 Å². The van der Waals surface area contributed by atoms with Gasteiger partial charge in [-0.2, -0.15) is 0 Å². The predicted octanol–water partition coefficient (Wildman–Crippen LogP) is 13.8. The van der Waals surface area contributed by atoms with E-state index in [4.69, 9.17) is 14.2 Å². The topological polar surface area (TPSA) is 85.3 Å². The van der Waals surface area contributed by atoms with Crippen molar-refractivity contribution in [3.05, 3.63) is 0 Å². The first-order valence-corrected chi connectivity index (χ1v) is 23.6. The summed E-state index contributed by atoms with van der Waals surface area (Å²) in [5, 5.41) is 9.29. The number of hydrogen-bond acceptors (Lipinski definition) is 7. The first kappa shape index (κ1) is 52.7. The van der Waals surface area contributed by atoms with Crippen LogP contribution in [0.25, 0.3) is 0 Å². The maximum absolute atomic E-state index is 12.9. The normalized spacial score (nSPS) is 11.9. The van der Waals surface area contributed by atoms with Crippen molar-refractivity contribution >= 4 is 12.1 Å². The molecule has 0 rings (SSSR count). The van der Waals surface area contributed by atoms with Gasteiger partial charge in [0, 0.05) is 13.0 Å². The lowest BCUT2D eigenvalue weighted by Gasteiger charge is -2.25. The summed E-state index contributed by atoms with van der Waals surface area (Å²) in [5.74, 6) is 0.477. The van der Waals surface area contributed by atoms with Crippen molar-refractivity contribution in [2.24, 2.45) is 11.3 Å². The van der Waals surface area contributed by atoms with Crippen LogP contribution in [0, 0.1) is 11.3 Å². The van der Waals surface area contributed by atoms with Crippen LogP contribution in [0.1, 0.15) is 234 Å². The lowest BCUT2D eigenvalue weighted by molar-refractivity contribution is -0.148. The third-order valence-corrected chi connectivity index (χ3v) is 11.0. The van der Waals surface area contributed by atoms with E-state index >= 15 is 0 Å². The maximum atomic E-state index is 12.9. The molecular weight excluding hydrogens is 675 g/mol. The molecule has 0 radical (unpaired) electrons. The van der Waals surface area contributed by atoms with Crippen molar-refractivity contribution in [3.63, 3.8) is 0 Å². The van der Waals surface area contributed by atoms with Gasteiger partial charge < -0.3 is 24.2 Å². The molecular formula is C47H93NO6. The summed E-state index contributed by atoms with van der Waals surface area (Å²) in [6.07, 6.45) is 35.8. The van der Waals surface area contributed by atoms with Crippen LogP contribution in [0.4, 0.5) is 4.79 Å². The number of aliphatic hydroxyl groups is 1. The van der Waals surface area contributed by atoms with Gasteiger partial charge in [0.25, 0.3) is 0 Å². The molecule has 322 valence electrons. The van der Waals surface area contributed by atoms with Crippen LogP contribution in [0.15, 0.2) is 0 Å². The fourth-order valence-electron chi connectivity index (χ4n) is 7.34. The van der Waals surface area contributed by atoms with Gasteiger partial charge in [0.15, 0.2) is 0 Å². The number of ether oxygens (including phenoxy) is 3. The molecule has 0 atom stereocenters. The monoisotopic (exact) mass is 768 g/mol. The van der Waals surface area contributed by atoms with Crippen LogP contribution < -0.4 is 0 Å². The summed E-state index contributed by atoms with van der Waals surface area (Å²) in [4.78, 5) is 27.4. The van der Waals surface area contributed by atoms with E-state index in [9.17, 15) is 14.7 Å². The highest BCUT2D eigenvalue weighted by Gasteiger charge is 2.22. The second-order valence-corrected chi connectivity index (χ2v) is 17.2. The van der Waals surface area contributed by atoms with Crippen LogP contribution in [-0.2, 0) is 19.0 Å². The molecule has 54 heavy (non-hydrogen) atoms. The van der Waals surface area contributed by atoms with Crippen LogP contribution in [0.5, 0.6) is 0 Å². The van der Waals surface area contributed by atoms with E-state index in [1.54, 1.807) is 0 Å². The van der Waals surface area contributed by atoms with E-state index in [2.05, 4.69) is 39.5 Å². The summed E-state index contributed by atoms with van der Waals surface area (Å²) in [6, 6.07) is 0. The lowest BCUT2D eigenvalue weighted by Crippen LogP contribution is -2.27. The molecule has 7 nitrogen and oxygen atoms in total. The molecule has 0 aromatic heterocycles. The largest absolute Gasteiger partial charge is 0.508 e. The molecule has 1 N–H and O–H groups in total. The van der Waals surface area contributed by atoms with Crippen LogP contribution in [0.3, 0.4) is 0 Å². The number of nitrogens with zero attached hydrogens (tertiary/aromatic N) is 1. The number of carbonyl (C=O) groups is 2. The highest BCUT2D eigenvalue weighted by Crippen LogP contribution is 2.26. The van der Waals surface area contributed by atoms with Crippen molar-refractivity contribution in [2.75, 3.05) is 46.1 Å². The molecule has 0 saturated carbocycles. The zero-order valence-electron chi connectivity index (χ0n) is 36.9. The molecule has 0 aliphatic carbocycles. The van der Waals surface area contributed by atoms with Gasteiger partial charge in [-0.3, -0.25) is 4.79 Å². The Morgan fingerprint density at radius 1 is 0.519 bits per heavy atom. The smallest absolute Gasteiger partial charge is 0.465 e. The lowest BCUT2D eigenvalue weighted by atomic mass is 9.87. The van der Waals surface area contributed by atoms with Gasteiger partial charge in [-0.1, -0.05) is 163 Å².